The van der Waals surface area contributed by atoms with Gasteiger partial charge in [0.15, 0.2) is 6.10 Å². The van der Waals surface area contributed by atoms with Crippen molar-refractivity contribution in [3.8, 4) is 5.75 Å². The number of hydrogen-bond acceptors (Lipinski definition) is 4. The molecule has 2 amide bonds. The Bertz CT molecular complexity index is 992. The number of benzene rings is 2. The Balaban J connectivity index is 1.69. The molecule has 0 fully saturated rings. The highest BCUT2D eigenvalue weighted by atomic mass is 16.5. The van der Waals surface area contributed by atoms with Crippen molar-refractivity contribution in [3.05, 3.63) is 83.3 Å². The second-order valence-electron chi connectivity index (χ2n) is 7.14. The summed E-state index contributed by atoms with van der Waals surface area (Å²) in [6, 6.07) is 16.3. The van der Waals surface area contributed by atoms with Crippen LogP contribution in [0.1, 0.15) is 40.6 Å². The molecule has 0 saturated carbocycles. The molecule has 3 aromatic rings. The van der Waals surface area contributed by atoms with Crippen LogP contribution in [0, 0.1) is 13.8 Å². The molecule has 0 unspecified atom stereocenters. The summed E-state index contributed by atoms with van der Waals surface area (Å²) in [6.45, 7) is 6.12. The zero-order chi connectivity index (χ0) is 21.5. The molecule has 3 rings (SSSR count). The Morgan fingerprint density at radius 3 is 2.43 bits per heavy atom. The van der Waals surface area contributed by atoms with Crippen LogP contribution in [0.5, 0.6) is 5.75 Å². The Hall–Kier alpha value is -3.54. The summed E-state index contributed by atoms with van der Waals surface area (Å²) >= 11 is 0. The number of carbonyl (C=O) groups excluding carboxylic acids is 2. The average Bonchev–Trinajstić information content (AvgIpc) is 3.23. The highest BCUT2D eigenvalue weighted by Gasteiger charge is 2.21. The SMILES string of the molecule is CC[C@@H](Oc1cc(C)cc(C)c1)C(=O)Nc1ccccc1C(=O)NCc1ccco1. The van der Waals surface area contributed by atoms with Gasteiger partial charge in [0.1, 0.15) is 11.5 Å². The predicted molar refractivity (Wildman–Crippen MR) is 116 cm³/mol. The summed E-state index contributed by atoms with van der Waals surface area (Å²) in [5.41, 5.74) is 2.94. The van der Waals surface area contributed by atoms with Crippen LogP contribution in [0.4, 0.5) is 5.69 Å². The van der Waals surface area contributed by atoms with Crippen LogP contribution >= 0.6 is 0 Å². The monoisotopic (exact) mass is 406 g/mol. The molecule has 6 heteroatoms. The van der Waals surface area contributed by atoms with Gasteiger partial charge in [-0.15, -0.1) is 0 Å². The highest BCUT2D eigenvalue weighted by Crippen LogP contribution is 2.20. The first kappa shape index (κ1) is 21.2. The molecule has 0 aliphatic rings. The zero-order valence-corrected chi connectivity index (χ0v) is 17.4. The molecule has 6 nitrogen and oxygen atoms in total. The number of ether oxygens (including phenoxy) is 1. The fraction of sp³-hybridized carbons (Fsp3) is 0.250. The van der Waals surface area contributed by atoms with Crippen LogP contribution in [0.3, 0.4) is 0 Å². The van der Waals surface area contributed by atoms with E-state index in [0.29, 0.717) is 29.2 Å². The minimum Gasteiger partial charge on any atom is -0.481 e. The molecule has 0 radical (unpaired) electrons. The van der Waals surface area contributed by atoms with Crippen molar-refractivity contribution in [3.63, 3.8) is 0 Å². The number of amides is 2. The first-order chi connectivity index (χ1) is 14.5. The molecular formula is C24H26N2O4. The summed E-state index contributed by atoms with van der Waals surface area (Å²) in [7, 11) is 0. The summed E-state index contributed by atoms with van der Waals surface area (Å²) in [6.07, 6.45) is 1.37. The van der Waals surface area contributed by atoms with E-state index in [4.69, 9.17) is 9.15 Å². The van der Waals surface area contributed by atoms with Crippen LogP contribution in [0.25, 0.3) is 0 Å². The Morgan fingerprint density at radius 2 is 1.77 bits per heavy atom. The molecule has 2 N–H and O–H groups in total. The lowest BCUT2D eigenvalue weighted by Gasteiger charge is -2.19. The molecule has 0 spiro atoms. The van der Waals surface area contributed by atoms with E-state index in [1.165, 1.54) is 0 Å². The Labute approximate surface area is 176 Å². The van der Waals surface area contributed by atoms with Crippen LogP contribution in [0.15, 0.2) is 65.3 Å². The molecule has 1 aromatic heterocycles. The fourth-order valence-electron chi connectivity index (χ4n) is 3.17. The second kappa shape index (κ2) is 9.78. The first-order valence-corrected chi connectivity index (χ1v) is 9.91. The molecule has 1 heterocycles. The maximum atomic E-state index is 12.9. The number of para-hydroxylation sites is 1. The zero-order valence-electron chi connectivity index (χ0n) is 17.4. The lowest BCUT2D eigenvalue weighted by Crippen LogP contribution is -2.33. The molecule has 30 heavy (non-hydrogen) atoms. The van der Waals surface area contributed by atoms with Crippen LogP contribution in [-0.2, 0) is 11.3 Å². The van der Waals surface area contributed by atoms with E-state index in [2.05, 4.69) is 10.6 Å². The number of nitrogens with one attached hydrogen (secondary N) is 2. The van der Waals surface area contributed by atoms with Gasteiger partial charge in [-0.05, 0) is 67.8 Å². The van der Waals surface area contributed by atoms with Crippen molar-refractivity contribution in [1.82, 2.24) is 5.32 Å². The largest absolute Gasteiger partial charge is 0.481 e. The molecule has 0 saturated heterocycles. The van der Waals surface area contributed by atoms with Crippen molar-refractivity contribution in [2.45, 2.75) is 39.8 Å². The number of furan rings is 1. The average molecular weight is 406 g/mol. The topological polar surface area (TPSA) is 80.6 Å². The van der Waals surface area contributed by atoms with E-state index in [9.17, 15) is 9.59 Å². The van der Waals surface area contributed by atoms with Crippen LogP contribution in [-0.4, -0.2) is 17.9 Å². The smallest absolute Gasteiger partial charge is 0.265 e. The standard InChI is InChI=1S/C24H26N2O4/c1-4-22(30-19-13-16(2)12-17(3)14-19)24(28)26-21-10-6-5-9-20(21)23(27)25-15-18-8-7-11-29-18/h5-14,22H,4,15H2,1-3H3,(H,25,27)(H,26,28)/t22-/m1/s1. The quantitative estimate of drug-likeness (QED) is 0.572. The minimum absolute atomic E-state index is 0.265. The summed E-state index contributed by atoms with van der Waals surface area (Å²) in [5, 5.41) is 5.63. The molecule has 0 aliphatic heterocycles. The van der Waals surface area contributed by atoms with E-state index in [1.807, 2.05) is 39.0 Å². The molecular weight excluding hydrogens is 380 g/mol. The van der Waals surface area contributed by atoms with Crippen molar-refractivity contribution < 1.29 is 18.7 Å². The Kier molecular flexibility index (Phi) is 6.91. The van der Waals surface area contributed by atoms with Crippen LogP contribution in [0.2, 0.25) is 0 Å². The van der Waals surface area contributed by atoms with Crippen molar-refractivity contribution in [1.29, 1.82) is 0 Å². The maximum Gasteiger partial charge on any atom is 0.265 e. The number of carbonyl (C=O) groups is 2. The van der Waals surface area contributed by atoms with Gasteiger partial charge in [-0.3, -0.25) is 9.59 Å². The van der Waals surface area contributed by atoms with Crippen molar-refractivity contribution >= 4 is 17.5 Å². The van der Waals surface area contributed by atoms with Gasteiger partial charge in [-0.1, -0.05) is 25.1 Å². The first-order valence-electron chi connectivity index (χ1n) is 9.91. The van der Waals surface area contributed by atoms with Crippen LogP contribution < -0.4 is 15.4 Å². The third-order valence-electron chi connectivity index (χ3n) is 4.57. The van der Waals surface area contributed by atoms with Gasteiger partial charge in [-0.2, -0.15) is 0 Å². The number of hydrogen-bond donors (Lipinski definition) is 2. The maximum absolute atomic E-state index is 12.9. The highest BCUT2D eigenvalue weighted by molar-refractivity contribution is 6.04. The van der Waals surface area contributed by atoms with Gasteiger partial charge >= 0.3 is 0 Å². The molecule has 1 atom stereocenters. The van der Waals surface area contributed by atoms with E-state index in [1.54, 1.807) is 42.7 Å². The van der Waals surface area contributed by atoms with Gasteiger partial charge in [0, 0.05) is 0 Å². The predicted octanol–water partition coefficient (Wildman–Crippen LogP) is 4.62. The molecule has 0 bridgehead atoms. The summed E-state index contributed by atoms with van der Waals surface area (Å²) < 4.78 is 11.2. The van der Waals surface area contributed by atoms with Gasteiger partial charge in [0.25, 0.3) is 11.8 Å². The number of aryl methyl sites for hydroxylation is 2. The Morgan fingerprint density at radius 1 is 1.03 bits per heavy atom. The lowest BCUT2D eigenvalue weighted by atomic mass is 10.1. The summed E-state index contributed by atoms with van der Waals surface area (Å²) in [4.78, 5) is 25.5. The lowest BCUT2D eigenvalue weighted by molar-refractivity contribution is -0.122. The molecule has 2 aromatic carbocycles. The summed E-state index contributed by atoms with van der Waals surface area (Å²) in [5.74, 6) is 0.699. The van der Waals surface area contributed by atoms with E-state index in [-0.39, 0.29) is 18.4 Å². The van der Waals surface area contributed by atoms with Crippen molar-refractivity contribution in [2.24, 2.45) is 0 Å². The third kappa shape index (κ3) is 5.50. The van der Waals surface area contributed by atoms with Gasteiger partial charge in [0.05, 0.1) is 24.1 Å². The number of anilines is 1. The van der Waals surface area contributed by atoms with Gasteiger partial charge < -0.3 is 19.8 Å². The normalized spacial score (nSPS) is 11.6. The molecule has 156 valence electrons. The van der Waals surface area contributed by atoms with E-state index < -0.39 is 6.10 Å². The van der Waals surface area contributed by atoms with Crippen molar-refractivity contribution in [2.75, 3.05) is 5.32 Å². The van der Waals surface area contributed by atoms with Gasteiger partial charge in [0.2, 0.25) is 0 Å². The van der Waals surface area contributed by atoms with E-state index in [0.717, 1.165) is 11.1 Å². The fourth-order valence-corrected chi connectivity index (χ4v) is 3.17. The van der Waals surface area contributed by atoms with E-state index >= 15 is 0 Å². The van der Waals surface area contributed by atoms with Gasteiger partial charge in [-0.25, -0.2) is 0 Å². The second-order valence-corrected chi connectivity index (χ2v) is 7.14. The number of rotatable bonds is 8. The minimum atomic E-state index is -0.676. The molecule has 0 aliphatic carbocycles. The third-order valence-corrected chi connectivity index (χ3v) is 4.57.